The van der Waals surface area contributed by atoms with Crippen LogP contribution < -0.4 is 10.9 Å². The fourth-order valence-corrected chi connectivity index (χ4v) is 1.95. The van der Waals surface area contributed by atoms with E-state index in [0.29, 0.717) is 11.6 Å². The summed E-state index contributed by atoms with van der Waals surface area (Å²) >= 11 is 6.01. The van der Waals surface area contributed by atoms with Crippen molar-refractivity contribution in [3.63, 3.8) is 0 Å². The molecule has 0 aliphatic carbocycles. The Morgan fingerprint density at radius 3 is 2.80 bits per heavy atom. The minimum absolute atomic E-state index is 0.286. The summed E-state index contributed by atoms with van der Waals surface area (Å²) in [5.41, 5.74) is 0.510. The summed E-state index contributed by atoms with van der Waals surface area (Å²) < 4.78 is 1.14. The monoisotopic (exact) mass is 291 g/mol. The zero-order valence-electron chi connectivity index (χ0n) is 10.9. The van der Waals surface area contributed by atoms with Gasteiger partial charge >= 0.3 is 0 Å². The van der Waals surface area contributed by atoms with E-state index in [2.05, 4.69) is 10.4 Å². The highest BCUT2D eigenvalue weighted by molar-refractivity contribution is 6.31. The van der Waals surface area contributed by atoms with Crippen molar-refractivity contribution < 1.29 is 4.79 Å². The number of halogens is 1. The lowest BCUT2D eigenvalue weighted by molar-refractivity contribution is -0.124. The second-order valence-corrected chi connectivity index (χ2v) is 4.70. The molecule has 2 aromatic rings. The number of hydrogen-bond acceptors (Lipinski definition) is 3. The third-order valence-corrected chi connectivity index (χ3v) is 3.27. The fourth-order valence-electron chi connectivity index (χ4n) is 1.74. The van der Waals surface area contributed by atoms with Crippen LogP contribution in [0.3, 0.4) is 0 Å². The van der Waals surface area contributed by atoms with E-state index in [0.717, 1.165) is 10.2 Å². The minimum Gasteiger partial charge on any atom is -0.350 e. The van der Waals surface area contributed by atoms with Gasteiger partial charge in [-0.1, -0.05) is 29.8 Å². The van der Waals surface area contributed by atoms with E-state index in [4.69, 9.17) is 11.6 Å². The number of aromatic nitrogens is 2. The lowest BCUT2D eigenvalue weighted by Crippen LogP contribution is -2.36. The van der Waals surface area contributed by atoms with Gasteiger partial charge in [0.1, 0.15) is 6.04 Å². The van der Waals surface area contributed by atoms with Gasteiger partial charge in [-0.05, 0) is 24.6 Å². The van der Waals surface area contributed by atoms with Gasteiger partial charge in [-0.2, -0.15) is 5.10 Å². The Kier molecular flexibility index (Phi) is 4.53. The van der Waals surface area contributed by atoms with Crippen LogP contribution >= 0.6 is 11.6 Å². The van der Waals surface area contributed by atoms with Crippen molar-refractivity contribution in [3.8, 4) is 0 Å². The molecule has 1 atom stereocenters. The molecule has 20 heavy (non-hydrogen) atoms. The molecule has 1 N–H and O–H groups in total. The van der Waals surface area contributed by atoms with Crippen LogP contribution in [0.5, 0.6) is 0 Å². The van der Waals surface area contributed by atoms with Gasteiger partial charge < -0.3 is 5.32 Å². The van der Waals surface area contributed by atoms with Crippen LogP contribution in [0.2, 0.25) is 5.02 Å². The Balaban J connectivity index is 2.04. The predicted molar refractivity (Wildman–Crippen MR) is 76.5 cm³/mol. The first-order valence-electron chi connectivity index (χ1n) is 6.14. The van der Waals surface area contributed by atoms with Crippen molar-refractivity contribution in [2.24, 2.45) is 0 Å². The quantitative estimate of drug-likeness (QED) is 0.934. The van der Waals surface area contributed by atoms with Gasteiger partial charge in [0.15, 0.2) is 0 Å². The number of rotatable bonds is 4. The Bertz CT molecular complexity index is 669. The third kappa shape index (κ3) is 3.24. The van der Waals surface area contributed by atoms with Crippen LogP contribution in [-0.4, -0.2) is 15.7 Å². The maximum atomic E-state index is 12.0. The molecule has 1 unspecified atom stereocenters. The molecule has 104 valence electrons. The summed E-state index contributed by atoms with van der Waals surface area (Å²) in [5, 5.41) is 7.22. The minimum atomic E-state index is -0.675. The number of nitrogens with one attached hydrogen (secondary N) is 1. The Morgan fingerprint density at radius 2 is 2.10 bits per heavy atom. The lowest BCUT2D eigenvalue weighted by atomic mass is 10.2. The first-order chi connectivity index (χ1) is 9.59. The third-order valence-electron chi connectivity index (χ3n) is 2.90. The van der Waals surface area contributed by atoms with Crippen LogP contribution in [0.15, 0.2) is 47.4 Å². The molecule has 2 rings (SSSR count). The van der Waals surface area contributed by atoms with E-state index in [-0.39, 0.29) is 11.5 Å². The van der Waals surface area contributed by atoms with Gasteiger partial charge in [-0.25, -0.2) is 4.68 Å². The van der Waals surface area contributed by atoms with Crippen molar-refractivity contribution in [1.82, 2.24) is 15.1 Å². The van der Waals surface area contributed by atoms with E-state index in [1.165, 1.54) is 18.3 Å². The van der Waals surface area contributed by atoms with E-state index >= 15 is 0 Å². The zero-order valence-corrected chi connectivity index (χ0v) is 11.7. The Morgan fingerprint density at radius 1 is 1.35 bits per heavy atom. The van der Waals surface area contributed by atoms with E-state index < -0.39 is 6.04 Å². The van der Waals surface area contributed by atoms with E-state index in [1.807, 2.05) is 18.2 Å². The molecule has 5 nitrogen and oxygen atoms in total. The lowest BCUT2D eigenvalue weighted by Gasteiger charge is -2.13. The molecular weight excluding hydrogens is 278 g/mol. The van der Waals surface area contributed by atoms with Crippen LogP contribution in [0.25, 0.3) is 0 Å². The maximum absolute atomic E-state index is 12.0. The summed E-state index contributed by atoms with van der Waals surface area (Å²) in [6, 6.07) is 9.49. The molecule has 0 aliphatic rings. The zero-order chi connectivity index (χ0) is 14.5. The first kappa shape index (κ1) is 14.3. The molecule has 1 aromatic heterocycles. The molecule has 1 aromatic carbocycles. The van der Waals surface area contributed by atoms with Crippen molar-refractivity contribution in [1.29, 1.82) is 0 Å². The maximum Gasteiger partial charge on any atom is 0.267 e. The second kappa shape index (κ2) is 6.34. The number of hydrogen-bond donors (Lipinski definition) is 1. The highest BCUT2D eigenvalue weighted by atomic mass is 35.5. The van der Waals surface area contributed by atoms with Crippen LogP contribution in [0, 0.1) is 0 Å². The molecule has 0 saturated carbocycles. The molecule has 0 fully saturated rings. The van der Waals surface area contributed by atoms with E-state index in [1.54, 1.807) is 13.0 Å². The summed E-state index contributed by atoms with van der Waals surface area (Å²) in [5.74, 6) is -0.286. The van der Waals surface area contributed by atoms with Gasteiger partial charge in [0.05, 0.1) is 0 Å². The van der Waals surface area contributed by atoms with Crippen LogP contribution in [0.4, 0.5) is 0 Å². The molecule has 0 radical (unpaired) electrons. The molecule has 1 heterocycles. The normalized spacial score (nSPS) is 11.9. The largest absolute Gasteiger partial charge is 0.350 e. The van der Waals surface area contributed by atoms with Crippen LogP contribution in [0.1, 0.15) is 18.5 Å². The highest BCUT2D eigenvalue weighted by Crippen LogP contribution is 2.14. The highest BCUT2D eigenvalue weighted by Gasteiger charge is 2.16. The first-order valence-corrected chi connectivity index (χ1v) is 6.52. The summed E-state index contributed by atoms with van der Waals surface area (Å²) in [4.78, 5) is 23.6. The Hall–Kier alpha value is -2.14. The molecule has 0 saturated heterocycles. The van der Waals surface area contributed by atoms with Gasteiger partial charge in [-0.15, -0.1) is 0 Å². The topological polar surface area (TPSA) is 64.0 Å². The molecule has 0 aliphatic heterocycles. The van der Waals surface area contributed by atoms with Crippen molar-refractivity contribution >= 4 is 17.5 Å². The predicted octanol–water partition coefficient (Wildman–Crippen LogP) is 1.77. The number of carbonyl (C=O) groups excluding carboxylic acids is 1. The SMILES string of the molecule is CC(C(=O)NCc1ccccc1Cl)n1ncccc1=O. The van der Waals surface area contributed by atoms with E-state index in [9.17, 15) is 9.59 Å². The molecule has 6 heteroatoms. The number of nitrogens with zero attached hydrogens (tertiary/aromatic N) is 2. The molecule has 0 spiro atoms. The number of carbonyl (C=O) groups is 1. The summed E-state index contributed by atoms with van der Waals surface area (Å²) in [6.07, 6.45) is 1.47. The van der Waals surface area contributed by atoms with Gasteiger partial charge in [0, 0.05) is 23.8 Å². The average Bonchev–Trinajstić information content (AvgIpc) is 2.46. The smallest absolute Gasteiger partial charge is 0.267 e. The molecule has 0 bridgehead atoms. The van der Waals surface area contributed by atoms with Gasteiger partial charge in [0.25, 0.3) is 5.56 Å². The van der Waals surface area contributed by atoms with Crippen LogP contribution in [-0.2, 0) is 11.3 Å². The van der Waals surface area contributed by atoms with Crippen molar-refractivity contribution in [2.75, 3.05) is 0 Å². The summed E-state index contributed by atoms with van der Waals surface area (Å²) in [6.45, 7) is 1.93. The standard InChI is InChI=1S/C14H14ClN3O2/c1-10(18-13(19)7-4-8-17-18)14(20)16-9-11-5-2-3-6-12(11)15/h2-8,10H,9H2,1H3,(H,16,20). The second-order valence-electron chi connectivity index (χ2n) is 4.29. The fraction of sp³-hybridized carbons (Fsp3) is 0.214. The molecule has 1 amide bonds. The van der Waals surface area contributed by atoms with Gasteiger partial charge in [-0.3, -0.25) is 9.59 Å². The number of amides is 1. The summed E-state index contributed by atoms with van der Waals surface area (Å²) in [7, 11) is 0. The Labute approximate surface area is 121 Å². The van der Waals surface area contributed by atoms with Gasteiger partial charge in [0.2, 0.25) is 5.91 Å². The van der Waals surface area contributed by atoms with Crippen molar-refractivity contribution in [2.45, 2.75) is 19.5 Å². The average molecular weight is 292 g/mol. The molecular formula is C14H14ClN3O2. The van der Waals surface area contributed by atoms with Crippen molar-refractivity contribution in [3.05, 3.63) is 63.5 Å². The number of benzene rings is 1.